The molecule has 0 saturated heterocycles. The summed E-state index contributed by atoms with van der Waals surface area (Å²) in [5, 5.41) is 9.44. The Labute approximate surface area is 91.2 Å². The van der Waals surface area contributed by atoms with Gasteiger partial charge in [0.15, 0.2) is 0 Å². The van der Waals surface area contributed by atoms with Gasteiger partial charge in [0.25, 0.3) is 0 Å². The van der Waals surface area contributed by atoms with Crippen molar-refractivity contribution in [3.05, 3.63) is 0 Å². The Morgan fingerprint density at radius 2 is 2.00 bits per heavy atom. The Morgan fingerprint density at radius 1 is 1.36 bits per heavy atom. The zero-order valence-electron chi connectivity index (χ0n) is 8.90. The lowest BCUT2D eigenvalue weighted by Gasteiger charge is -2.08. The quantitative estimate of drug-likeness (QED) is 0.695. The lowest BCUT2D eigenvalue weighted by molar-refractivity contribution is 0.161. The second-order valence-corrected chi connectivity index (χ2v) is 6.77. The number of hydrogen-bond acceptors (Lipinski definition) is 4. The molecule has 86 valence electrons. The number of aliphatic hydroxyl groups excluding tert-OH is 1. The predicted octanol–water partition coefficient (Wildman–Crippen LogP) is 1.32. The summed E-state index contributed by atoms with van der Waals surface area (Å²) < 4.78 is 22.2. The van der Waals surface area contributed by atoms with Gasteiger partial charge in [-0.3, -0.25) is 0 Å². The van der Waals surface area contributed by atoms with Gasteiger partial charge in [-0.25, -0.2) is 8.42 Å². The Bertz CT molecular complexity index is 224. The van der Waals surface area contributed by atoms with Crippen LogP contribution in [0.25, 0.3) is 0 Å². The zero-order chi connectivity index (χ0) is 11.0. The lowest BCUT2D eigenvalue weighted by atomic mass is 10.2. The van der Waals surface area contributed by atoms with Crippen LogP contribution in [-0.4, -0.2) is 43.1 Å². The van der Waals surface area contributed by atoms with Crippen LogP contribution in [0, 0.1) is 0 Å². The van der Waals surface area contributed by atoms with Crippen LogP contribution in [0.2, 0.25) is 0 Å². The van der Waals surface area contributed by atoms with Crippen LogP contribution < -0.4 is 0 Å². The Morgan fingerprint density at radius 3 is 2.50 bits per heavy atom. The zero-order valence-corrected chi connectivity index (χ0v) is 10.5. The van der Waals surface area contributed by atoms with Crippen molar-refractivity contribution in [3.8, 4) is 0 Å². The minimum Gasteiger partial charge on any atom is -0.393 e. The molecule has 0 spiro atoms. The summed E-state index contributed by atoms with van der Waals surface area (Å²) in [5.41, 5.74) is 0. The molecule has 3 nitrogen and oxygen atoms in total. The van der Waals surface area contributed by atoms with Crippen molar-refractivity contribution in [3.63, 3.8) is 0 Å². The summed E-state index contributed by atoms with van der Waals surface area (Å²) in [4.78, 5) is 0. The number of thioether (sulfide) groups is 1. The van der Waals surface area contributed by atoms with E-state index in [9.17, 15) is 13.5 Å². The minimum absolute atomic E-state index is 0.202. The molecule has 0 aliphatic rings. The number of sulfone groups is 1. The largest absolute Gasteiger partial charge is 0.393 e. The van der Waals surface area contributed by atoms with Crippen molar-refractivity contribution in [2.24, 2.45) is 0 Å². The van der Waals surface area contributed by atoms with Crippen LogP contribution in [-0.2, 0) is 9.84 Å². The fraction of sp³-hybridized carbons (Fsp3) is 1.00. The van der Waals surface area contributed by atoms with Crippen LogP contribution in [0.5, 0.6) is 0 Å². The maximum Gasteiger partial charge on any atom is 0.150 e. The van der Waals surface area contributed by atoms with E-state index in [2.05, 4.69) is 0 Å². The SMILES string of the molecule is CCS(=O)(=O)CCCC(O)CCSC. The lowest BCUT2D eigenvalue weighted by Crippen LogP contribution is -2.13. The molecule has 0 aromatic rings. The van der Waals surface area contributed by atoms with E-state index in [4.69, 9.17) is 0 Å². The molecule has 0 saturated carbocycles. The van der Waals surface area contributed by atoms with E-state index in [0.717, 1.165) is 12.2 Å². The number of hydrogen-bond donors (Lipinski definition) is 1. The van der Waals surface area contributed by atoms with Gasteiger partial charge in [-0.2, -0.15) is 11.8 Å². The van der Waals surface area contributed by atoms with E-state index >= 15 is 0 Å². The molecule has 0 amide bonds. The maximum atomic E-state index is 11.1. The third-order valence-electron chi connectivity index (χ3n) is 2.09. The third-order valence-corrected chi connectivity index (χ3v) is 4.52. The maximum absolute atomic E-state index is 11.1. The Kier molecular flexibility index (Phi) is 7.68. The first-order valence-electron chi connectivity index (χ1n) is 4.89. The first-order chi connectivity index (χ1) is 6.52. The highest BCUT2D eigenvalue weighted by molar-refractivity contribution is 7.98. The molecule has 5 heteroatoms. The van der Waals surface area contributed by atoms with Gasteiger partial charge in [-0.05, 0) is 31.3 Å². The van der Waals surface area contributed by atoms with Gasteiger partial charge in [0.2, 0.25) is 0 Å². The van der Waals surface area contributed by atoms with Crippen molar-refractivity contribution in [1.82, 2.24) is 0 Å². The van der Waals surface area contributed by atoms with Gasteiger partial charge in [0.1, 0.15) is 9.84 Å². The van der Waals surface area contributed by atoms with Gasteiger partial charge >= 0.3 is 0 Å². The van der Waals surface area contributed by atoms with E-state index in [1.165, 1.54) is 0 Å². The first-order valence-corrected chi connectivity index (χ1v) is 8.10. The summed E-state index contributed by atoms with van der Waals surface area (Å²) in [7, 11) is -2.85. The fourth-order valence-corrected chi connectivity index (χ4v) is 2.48. The molecule has 0 radical (unpaired) electrons. The van der Waals surface area contributed by atoms with E-state index < -0.39 is 9.84 Å². The van der Waals surface area contributed by atoms with Crippen LogP contribution >= 0.6 is 11.8 Å². The van der Waals surface area contributed by atoms with E-state index in [-0.39, 0.29) is 17.6 Å². The van der Waals surface area contributed by atoms with Crippen LogP contribution in [0.1, 0.15) is 26.2 Å². The molecular weight excluding hydrogens is 220 g/mol. The van der Waals surface area contributed by atoms with Gasteiger partial charge in [0.05, 0.1) is 11.9 Å². The average Bonchev–Trinajstić information content (AvgIpc) is 2.14. The monoisotopic (exact) mass is 240 g/mol. The third kappa shape index (κ3) is 7.64. The molecule has 0 aromatic carbocycles. The van der Waals surface area contributed by atoms with E-state index in [1.54, 1.807) is 18.7 Å². The molecule has 0 aromatic heterocycles. The number of aliphatic hydroxyl groups is 1. The normalized spacial score (nSPS) is 14.2. The minimum atomic E-state index is -2.85. The molecule has 1 unspecified atom stereocenters. The summed E-state index contributed by atoms with van der Waals surface area (Å²) in [5.74, 6) is 1.34. The van der Waals surface area contributed by atoms with Crippen LogP contribution in [0.4, 0.5) is 0 Å². The van der Waals surface area contributed by atoms with Crippen LogP contribution in [0.3, 0.4) is 0 Å². The number of rotatable bonds is 8. The van der Waals surface area contributed by atoms with Gasteiger partial charge in [0, 0.05) is 5.75 Å². The van der Waals surface area contributed by atoms with Crippen molar-refractivity contribution < 1.29 is 13.5 Å². The Balaban J connectivity index is 3.54. The highest BCUT2D eigenvalue weighted by atomic mass is 32.2. The van der Waals surface area contributed by atoms with Crippen LogP contribution in [0.15, 0.2) is 0 Å². The van der Waals surface area contributed by atoms with Gasteiger partial charge < -0.3 is 5.11 Å². The van der Waals surface area contributed by atoms with Crippen molar-refractivity contribution >= 4 is 21.6 Å². The summed E-state index contributed by atoms with van der Waals surface area (Å²) >= 11 is 1.70. The average molecular weight is 240 g/mol. The standard InChI is InChI=1S/C9H20O3S2/c1-3-14(11,12)8-4-5-9(10)6-7-13-2/h9-10H,3-8H2,1-2H3. The first kappa shape index (κ1) is 14.3. The summed E-state index contributed by atoms with van der Waals surface area (Å²) in [6.45, 7) is 1.65. The van der Waals surface area contributed by atoms with Crippen molar-refractivity contribution in [2.75, 3.05) is 23.5 Å². The molecule has 1 N–H and O–H groups in total. The molecular formula is C9H20O3S2. The molecule has 0 fully saturated rings. The molecule has 1 atom stereocenters. The molecule has 0 heterocycles. The second kappa shape index (κ2) is 7.54. The molecule has 0 rings (SSSR count). The Hall–Kier alpha value is 0.260. The highest BCUT2D eigenvalue weighted by Gasteiger charge is 2.09. The van der Waals surface area contributed by atoms with Crippen molar-refractivity contribution in [2.45, 2.75) is 32.3 Å². The predicted molar refractivity (Wildman–Crippen MR) is 62.6 cm³/mol. The summed E-state index contributed by atoms with van der Waals surface area (Å²) in [6, 6.07) is 0. The molecule has 14 heavy (non-hydrogen) atoms. The van der Waals surface area contributed by atoms with Gasteiger partial charge in [-0.1, -0.05) is 6.92 Å². The smallest absolute Gasteiger partial charge is 0.150 e. The molecule has 0 aliphatic carbocycles. The topological polar surface area (TPSA) is 54.4 Å². The van der Waals surface area contributed by atoms with Gasteiger partial charge in [-0.15, -0.1) is 0 Å². The van der Waals surface area contributed by atoms with E-state index in [0.29, 0.717) is 12.8 Å². The van der Waals surface area contributed by atoms with E-state index in [1.807, 2.05) is 6.26 Å². The highest BCUT2D eigenvalue weighted by Crippen LogP contribution is 2.07. The molecule has 0 bridgehead atoms. The second-order valence-electron chi connectivity index (χ2n) is 3.31. The summed E-state index contributed by atoms with van der Waals surface area (Å²) in [6.07, 6.45) is 3.59. The fourth-order valence-electron chi connectivity index (χ4n) is 1.08. The van der Waals surface area contributed by atoms with Crippen molar-refractivity contribution in [1.29, 1.82) is 0 Å². The molecule has 0 aliphatic heterocycles.